The van der Waals surface area contributed by atoms with Crippen molar-refractivity contribution in [1.82, 2.24) is 4.98 Å². The van der Waals surface area contributed by atoms with Crippen LogP contribution in [0.1, 0.15) is 39.7 Å². The van der Waals surface area contributed by atoms with Gasteiger partial charge in [0.05, 0.1) is 13.7 Å². The first kappa shape index (κ1) is 20.8. The minimum Gasteiger partial charge on any atom is -0.504 e. The van der Waals surface area contributed by atoms with E-state index < -0.39 is 5.97 Å². The Kier molecular flexibility index (Phi) is 5.34. The highest BCUT2D eigenvalue weighted by molar-refractivity contribution is 6.21. The molecule has 0 atom stereocenters. The molecule has 33 heavy (non-hydrogen) atoms. The Morgan fingerprint density at radius 1 is 1.30 bits per heavy atom. The van der Waals surface area contributed by atoms with Crippen LogP contribution in [0.4, 0.5) is 11.7 Å². The number of furan rings is 1. The summed E-state index contributed by atoms with van der Waals surface area (Å²) >= 11 is 0. The lowest BCUT2D eigenvalue weighted by Crippen LogP contribution is -2.31. The number of allylic oxidation sites excluding steroid dienone is 1. The van der Waals surface area contributed by atoms with E-state index in [1.165, 1.54) is 5.56 Å². The van der Waals surface area contributed by atoms with Gasteiger partial charge in [-0.2, -0.15) is 0 Å². The molecule has 0 unspecified atom stereocenters. The van der Waals surface area contributed by atoms with Crippen molar-refractivity contribution in [3.8, 4) is 11.5 Å². The molecule has 0 amide bonds. The molecule has 0 saturated heterocycles. The molecule has 8 heteroatoms. The molecule has 0 spiro atoms. The van der Waals surface area contributed by atoms with E-state index in [1.54, 1.807) is 32.5 Å². The summed E-state index contributed by atoms with van der Waals surface area (Å²) in [6, 6.07) is 9.66. The Morgan fingerprint density at radius 2 is 2.18 bits per heavy atom. The van der Waals surface area contributed by atoms with Gasteiger partial charge in [0.25, 0.3) is 0 Å². The van der Waals surface area contributed by atoms with Gasteiger partial charge in [-0.05, 0) is 43.2 Å². The van der Waals surface area contributed by atoms with Gasteiger partial charge in [0.2, 0.25) is 5.88 Å². The van der Waals surface area contributed by atoms with Crippen LogP contribution in [0.25, 0.3) is 11.6 Å². The standard InChI is InChI=1S/C25H23N3O5/c1-3-32-25(30)21-22(29)20(12-16-13-27-23-17(16)7-5-10-26-23)33-24(21)28-11-9-15-6-4-8-19(31-2)18(15)14-28/h4-8,10,12-13,29H,3,9,11,14H2,1-2H3. The van der Waals surface area contributed by atoms with Crippen LogP contribution in [0.3, 0.4) is 0 Å². The number of esters is 1. The molecule has 5 rings (SSSR count). The average Bonchev–Trinajstić information content (AvgIpc) is 3.39. The van der Waals surface area contributed by atoms with E-state index in [1.807, 2.05) is 29.2 Å². The average molecular weight is 445 g/mol. The molecule has 1 aromatic carbocycles. The van der Waals surface area contributed by atoms with Crippen LogP contribution in [0.2, 0.25) is 0 Å². The number of ether oxygens (including phenoxy) is 2. The first-order chi connectivity index (χ1) is 16.1. The van der Waals surface area contributed by atoms with Gasteiger partial charge in [-0.15, -0.1) is 0 Å². The van der Waals surface area contributed by atoms with Crippen LogP contribution < -0.4 is 9.64 Å². The summed E-state index contributed by atoms with van der Waals surface area (Å²) in [6.07, 6.45) is 5.74. The van der Waals surface area contributed by atoms with Crippen molar-refractivity contribution in [1.29, 1.82) is 0 Å². The number of methoxy groups -OCH3 is 1. The van der Waals surface area contributed by atoms with Crippen LogP contribution in [0.5, 0.6) is 11.5 Å². The summed E-state index contributed by atoms with van der Waals surface area (Å²) in [5.74, 6) is 0.922. The van der Waals surface area contributed by atoms with Crippen LogP contribution in [0.15, 0.2) is 45.9 Å². The minimum atomic E-state index is -0.633. The number of rotatable bonds is 5. The zero-order chi connectivity index (χ0) is 22.9. The zero-order valence-corrected chi connectivity index (χ0v) is 18.4. The fraction of sp³-hybridized carbons (Fsp3) is 0.240. The Balaban J connectivity index is 1.57. The first-order valence-electron chi connectivity index (χ1n) is 10.7. The number of hydrogen-bond donors (Lipinski definition) is 1. The predicted octanol–water partition coefficient (Wildman–Crippen LogP) is 4.38. The monoisotopic (exact) mass is 445 g/mol. The van der Waals surface area contributed by atoms with Gasteiger partial charge >= 0.3 is 5.97 Å². The van der Waals surface area contributed by atoms with Crippen molar-refractivity contribution in [2.24, 2.45) is 4.99 Å². The maximum Gasteiger partial charge on any atom is 0.347 e. The number of nitrogens with zero attached hydrogens (tertiary/aromatic N) is 3. The second-order valence-corrected chi connectivity index (χ2v) is 7.72. The Labute approximate surface area is 190 Å². The molecule has 4 heterocycles. The fourth-order valence-electron chi connectivity index (χ4n) is 4.23. The molecule has 1 N–H and O–H groups in total. The fourth-order valence-corrected chi connectivity index (χ4v) is 4.23. The molecular formula is C25H23N3O5. The number of aromatic nitrogens is 1. The molecule has 2 aliphatic heterocycles. The highest BCUT2D eigenvalue weighted by atomic mass is 16.5. The molecule has 2 aliphatic rings. The van der Waals surface area contributed by atoms with E-state index in [0.29, 0.717) is 18.9 Å². The number of anilines is 1. The molecule has 2 aromatic heterocycles. The van der Waals surface area contributed by atoms with Crippen LogP contribution in [0, 0.1) is 0 Å². The third-order valence-corrected chi connectivity index (χ3v) is 5.82. The molecular weight excluding hydrogens is 422 g/mol. The van der Waals surface area contributed by atoms with E-state index >= 15 is 0 Å². The second-order valence-electron chi connectivity index (χ2n) is 7.72. The number of hydrogen-bond acceptors (Lipinski definition) is 8. The SMILES string of the molecule is CCOC(=O)c1c(N2CCc3cccc(OC)c3C2)oc(C=C2C=Nc3ncccc32)c1O. The highest BCUT2D eigenvalue weighted by Gasteiger charge is 2.32. The Hall–Kier alpha value is -4.07. The van der Waals surface area contributed by atoms with Gasteiger partial charge in [-0.25, -0.2) is 14.8 Å². The van der Waals surface area contributed by atoms with Gasteiger partial charge in [-0.1, -0.05) is 12.1 Å². The highest BCUT2D eigenvalue weighted by Crippen LogP contribution is 2.42. The van der Waals surface area contributed by atoms with Crippen molar-refractivity contribution in [2.75, 3.05) is 25.2 Å². The van der Waals surface area contributed by atoms with Gasteiger partial charge in [0, 0.05) is 42.2 Å². The molecule has 168 valence electrons. The molecule has 0 saturated carbocycles. The summed E-state index contributed by atoms with van der Waals surface area (Å²) in [6.45, 7) is 2.99. The minimum absolute atomic E-state index is 0.0170. The van der Waals surface area contributed by atoms with Crippen LogP contribution in [-0.4, -0.2) is 42.5 Å². The van der Waals surface area contributed by atoms with Crippen LogP contribution in [-0.2, 0) is 17.7 Å². The van der Waals surface area contributed by atoms with Gasteiger partial charge in [0.15, 0.2) is 22.9 Å². The summed E-state index contributed by atoms with van der Waals surface area (Å²) in [5.41, 5.74) is 3.79. The summed E-state index contributed by atoms with van der Waals surface area (Å²) in [4.78, 5) is 23.2. The van der Waals surface area contributed by atoms with E-state index in [-0.39, 0.29) is 29.6 Å². The summed E-state index contributed by atoms with van der Waals surface area (Å²) in [5, 5.41) is 11.0. The lowest BCUT2D eigenvalue weighted by molar-refractivity contribution is 0.0523. The number of aliphatic imine (C=N–C) groups is 1. The molecule has 0 radical (unpaired) electrons. The third-order valence-electron chi connectivity index (χ3n) is 5.82. The number of benzene rings is 1. The molecule has 3 aromatic rings. The van der Waals surface area contributed by atoms with Crippen molar-refractivity contribution < 1.29 is 23.8 Å². The summed E-state index contributed by atoms with van der Waals surface area (Å²) < 4.78 is 16.9. The largest absolute Gasteiger partial charge is 0.504 e. The van der Waals surface area contributed by atoms with E-state index in [9.17, 15) is 9.90 Å². The second kappa shape index (κ2) is 8.46. The first-order valence-corrected chi connectivity index (χ1v) is 10.7. The maximum atomic E-state index is 12.8. The molecule has 0 bridgehead atoms. The molecule has 0 aliphatic carbocycles. The Morgan fingerprint density at radius 3 is 3.00 bits per heavy atom. The zero-order valence-electron chi connectivity index (χ0n) is 18.4. The van der Waals surface area contributed by atoms with Crippen molar-refractivity contribution in [3.63, 3.8) is 0 Å². The smallest absolute Gasteiger partial charge is 0.347 e. The number of carbonyl (C=O) groups is 1. The van der Waals surface area contributed by atoms with E-state index in [4.69, 9.17) is 13.9 Å². The van der Waals surface area contributed by atoms with Crippen molar-refractivity contribution in [3.05, 3.63) is 64.5 Å². The predicted molar refractivity (Wildman–Crippen MR) is 124 cm³/mol. The van der Waals surface area contributed by atoms with E-state index in [0.717, 1.165) is 28.9 Å². The quantitative estimate of drug-likeness (QED) is 0.582. The number of fused-ring (bicyclic) bond motifs is 2. The van der Waals surface area contributed by atoms with Crippen molar-refractivity contribution >= 4 is 35.5 Å². The van der Waals surface area contributed by atoms with Crippen molar-refractivity contribution in [2.45, 2.75) is 19.9 Å². The number of carbonyl (C=O) groups excluding carboxylic acids is 1. The topological polar surface area (TPSA) is 97.4 Å². The lowest BCUT2D eigenvalue weighted by Gasteiger charge is -2.30. The normalized spacial score (nSPS) is 15.5. The molecule has 8 nitrogen and oxygen atoms in total. The van der Waals surface area contributed by atoms with Gasteiger partial charge in [-0.3, -0.25) is 0 Å². The van der Waals surface area contributed by atoms with Gasteiger partial charge < -0.3 is 23.9 Å². The number of aromatic hydroxyl groups is 1. The molecule has 0 fully saturated rings. The third kappa shape index (κ3) is 3.63. The Bertz CT molecular complexity index is 1280. The van der Waals surface area contributed by atoms with Gasteiger partial charge in [0.1, 0.15) is 5.75 Å². The lowest BCUT2D eigenvalue weighted by atomic mass is 9.98. The number of pyridine rings is 1. The summed E-state index contributed by atoms with van der Waals surface area (Å²) in [7, 11) is 1.64. The van der Waals surface area contributed by atoms with Crippen LogP contribution >= 0.6 is 0 Å². The van der Waals surface area contributed by atoms with E-state index in [2.05, 4.69) is 16.0 Å². The maximum absolute atomic E-state index is 12.8.